The van der Waals surface area contributed by atoms with Crippen LogP contribution in [-0.4, -0.2) is 28.1 Å². The van der Waals surface area contributed by atoms with Gasteiger partial charge >= 0.3 is 5.97 Å². The fourth-order valence-corrected chi connectivity index (χ4v) is 3.12. The highest BCUT2D eigenvalue weighted by molar-refractivity contribution is 6.33. The van der Waals surface area contributed by atoms with Gasteiger partial charge in [0.2, 0.25) is 0 Å². The van der Waals surface area contributed by atoms with E-state index in [-0.39, 0.29) is 17.0 Å². The Morgan fingerprint density at radius 2 is 1.81 bits per heavy atom. The molecule has 0 bridgehead atoms. The van der Waals surface area contributed by atoms with Crippen molar-refractivity contribution in [2.75, 3.05) is 0 Å². The van der Waals surface area contributed by atoms with Crippen molar-refractivity contribution in [1.29, 1.82) is 0 Å². The Hall–Kier alpha value is -4.10. The number of carbonyl (C=O) groups is 2. The quantitative estimate of drug-likeness (QED) is 0.221. The minimum Gasteiger partial charge on any atom is -0.422 e. The van der Waals surface area contributed by atoms with E-state index in [4.69, 9.17) is 16.3 Å². The van der Waals surface area contributed by atoms with Crippen LogP contribution in [0.1, 0.15) is 26.4 Å². The summed E-state index contributed by atoms with van der Waals surface area (Å²) in [6.45, 7) is 0. The number of halogens is 1. The predicted molar refractivity (Wildman–Crippen MR) is 117 cm³/mol. The first-order valence-electron chi connectivity index (χ1n) is 9.21. The van der Waals surface area contributed by atoms with Gasteiger partial charge in [-0.2, -0.15) is 5.10 Å². The zero-order valence-electron chi connectivity index (χ0n) is 16.0. The van der Waals surface area contributed by atoms with E-state index in [1.807, 2.05) is 30.3 Å². The lowest BCUT2D eigenvalue weighted by molar-refractivity contribution is 0.0734. The Morgan fingerprint density at radius 3 is 2.61 bits per heavy atom. The average Bonchev–Trinajstić information content (AvgIpc) is 2.81. The van der Waals surface area contributed by atoms with Gasteiger partial charge in [0, 0.05) is 18.0 Å². The molecule has 0 fully saturated rings. The number of nitrogens with one attached hydrogen (secondary N) is 1. The van der Waals surface area contributed by atoms with Gasteiger partial charge in [0.05, 0.1) is 23.0 Å². The lowest BCUT2D eigenvalue weighted by Crippen LogP contribution is -2.19. The Bertz CT molecular complexity index is 1290. The number of rotatable bonds is 5. The maximum Gasteiger partial charge on any atom is 0.345 e. The summed E-state index contributed by atoms with van der Waals surface area (Å²) in [4.78, 5) is 32.6. The van der Waals surface area contributed by atoms with Gasteiger partial charge in [-0.1, -0.05) is 54.1 Å². The summed E-state index contributed by atoms with van der Waals surface area (Å²) >= 11 is 6.11. The Labute approximate surface area is 182 Å². The van der Waals surface area contributed by atoms with Gasteiger partial charge in [-0.3, -0.25) is 9.78 Å². The summed E-state index contributed by atoms with van der Waals surface area (Å²) < 4.78 is 5.61. The van der Waals surface area contributed by atoms with Gasteiger partial charge in [0.1, 0.15) is 11.4 Å². The van der Waals surface area contributed by atoms with Gasteiger partial charge in [-0.15, -0.1) is 0 Å². The first-order valence-corrected chi connectivity index (χ1v) is 9.59. The molecule has 7 nitrogen and oxygen atoms in total. The van der Waals surface area contributed by atoms with Crippen LogP contribution in [-0.2, 0) is 0 Å². The molecule has 0 radical (unpaired) electrons. The summed E-state index contributed by atoms with van der Waals surface area (Å²) in [5, 5.41) is 6.02. The number of carbonyl (C=O) groups excluding carboxylic acids is 2. The van der Waals surface area contributed by atoms with Crippen molar-refractivity contribution in [3.05, 3.63) is 101 Å². The molecule has 1 amide bonds. The topological polar surface area (TPSA) is 93.5 Å². The largest absolute Gasteiger partial charge is 0.422 e. The number of esters is 1. The standard InChI is InChI=1S/C23H15ClN4O3/c24-19-8-4-3-7-17(19)23(30)31-21-10-9-15-5-1-2-6-16(15)18(21)13-27-28-22(29)20-14-25-11-12-26-20/h1-14H,(H,28,29)/b27-13-. The molecule has 1 heterocycles. The normalized spacial score (nSPS) is 10.9. The molecule has 0 spiro atoms. The van der Waals surface area contributed by atoms with E-state index in [0.29, 0.717) is 10.6 Å². The average molecular weight is 431 g/mol. The van der Waals surface area contributed by atoms with Crippen molar-refractivity contribution < 1.29 is 14.3 Å². The summed E-state index contributed by atoms with van der Waals surface area (Å²) in [6.07, 6.45) is 5.64. The Kier molecular flexibility index (Phi) is 5.96. The van der Waals surface area contributed by atoms with Crippen LogP contribution in [0.15, 0.2) is 84.4 Å². The maximum atomic E-state index is 12.7. The van der Waals surface area contributed by atoms with E-state index in [9.17, 15) is 9.59 Å². The van der Waals surface area contributed by atoms with Gasteiger partial charge in [0.15, 0.2) is 0 Å². The monoisotopic (exact) mass is 430 g/mol. The second kappa shape index (κ2) is 9.15. The highest BCUT2D eigenvalue weighted by atomic mass is 35.5. The molecule has 8 heteroatoms. The minimum absolute atomic E-state index is 0.128. The van der Waals surface area contributed by atoms with Crippen LogP contribution < -0.4 is 10.2 Å². The van der Waals surface area contributed by atoms with E-state index in [0.717, 1.165) is 10.8 Å². The molecule has 4 rings (SSSR count). The number of fused-ring (bicyclic) bond motifs is 1. The summed E-state index contributed by atoms with van der Waals surface area (Å²) in [7, 11) is 0. The predicted octanol–water partition coefficient (Wildman–Crippen LogP) is 4.27. The van der Waals surface area contributed by atoms with Crippen molar-refractivity contribution >= 4 is 40.5 Å². The lowest BCUT2D eigenvalue weighted by Gasteiger charge is -2.11. The summed E-state index contributed by atoms with van der Waals surface area (Å²) in [5.41, 5.74) is 3.30. The molecule has 0 aliphatic rings. The van der Waals surface area contributed by atoms with Gasteiger partial charge in [-0.25, -0.2) is 15.2 Å². The summed E-state index contributed by atoms with van der Waals surface area (Å²) in [6, 6.07) is 17.7. The number of ether oxygens (including phenoxy) is 1. The third-order valence-corrected chi connectivity index (χ3v) is 4.71. The van der Waals surface area contributed by atoms with Crippen LogP contribution in [0.3, 0.4) is 0 Å². The molecule has 0 aliphatic carbocycles. The zero-order valence-corrected chi connectivity index (χ0v) is 16.8. The number of benzene rings is 3. The fourth-order valence-electron chi connectivity index (χ4n) is 2.91. The van der Waals surface area contributed by atoms with Crippen molar-refractivity contribution in [1.82, 2.24) is 15.4 Å². The molecule has 0 aliphatic heterocycles. The van der Waals surface area contributed by atoms with Crippen LogP contribution in [0.25, 0.3) is 10.8 Å². The molecule has 1 aromatic heterocycles. The van der Waals surface area contributed by atoms with E-state index >= 15 is 0 Å². The molecule has 31 heavy (non-hydrogen) atoms. The number of hydrogen-bond acceptors (Lipinski definition) is 6. The van der Waals surface area contributed by atoms with Gasteiger partial charge < -0.3 is 4.74 Å². The number of hydrogen-bond donors (Lipinski definition) is 1. The first kappa shape index (κ1) is 20.2. The molecular formula is C23H15ClN4O3. The second-order valence-corrected chi connectivity index (χ2v) is 6.76. The number of aromatic nitrogens is 2. The lowest BCUT2D eigenvalue weighted by atomic mass is 10.0. The molecule has 0 saturated heterocycles. The molecule has 0 atom stereocenters. The molecule has 0 unspecified atom stereocenters. The van der Waals surface area contributed by atoms with Crippen LogP contribution >= 0.6 is 11.6 Å². The smallest absolute Gasteiger partial charge is 0.345 e. The molecule has 4 aromatic rings. The van der Waals surface area contributed by atoms with Crippen LogP contribution in [0.5, 0.6) is 5.75 Å². The van der Waals surface area contributed by atoms with Crippen LogP contribution in [0.4, 0.5) is 0 Å². The highest BCUT2D eigenvalue weighted by Gasteiger charge is 2.16. The van der Waals surface area contributed by atoms with Crippen molar-refractivity contribution in [2.45, 2.75) is 0 Å². The van der Waals surface area contributed by atoms with Crippen molar-refractivity contribution in [3.63, 3.8) is 0 Å². The van der Waals surface area contributed by atoms with E-state index < -0.39 is 11.9 Å². The second-order valence-electron chi connectivity index (χ2n) is 6.36. The summed E-state index contributed by atoms with van der Waals surface area (Å²) in [5.74, 6) is -0.834. The SMILES string of the molecule is O=C(N/N=C\c1c(OC(=O)c2ccccc2Cl)ccc2ccccc12)c1cnccn1. The molecule has 1 N–H and O–H groups in total. The minimum atomic E-state index is -0.598. The van der Waals surface area contributed by atoms with Crippen molar-refractivity contribution in [3.8, 4) is 5.75 Å². The molecule has 152 valence electrons. The molecule has 0 saturated carbocycles. The third-order valence-electron chi connectivity index (χ3n) is 4.38. The fraction of sp³-hybridized carbons (Fsp3) is 0. The Balaban J connectivity index is 1.65. The van der Waals surface area contributed by atoms with E-state index in [1.54, 1.807) is 30.3 Å². The van der Waals surface area contributed by atoms with Gasteiger partial charge in [0.25, 0.3) is 5.91 Å². The molecule has 3 aromatic carbocycles. The first-order chi connectivity index (χ1) is 15.1. The molecular weight excluding hydrogens is 416 g/mol. The van der Waals surface area contributed by atoms with Crippen LogP contribution in [0, 0.1) is 0 Å². The highest BCUT2D eigenvalue weighted by Crippen LogP contribution is 2.28. The van der Waals surface area contributed by atoms with E-state index in [2.05, 4.69) is 20.5 Å². The van der Waals surface area contributed by atoms with Gasteiger partial charge in [-0.05, 0) is 29.0 Å². The van der Waals surface area contributed by atoms with Crippen molar-refractivity contribution in [2.24, 2.45) is 5.10 Å². The van der Waals surface area contributed by atoms with Crippen LogP contribution in [0.2, 0.25) is 5.02 Å². The number of nitrogens with zero attached hydrogens (tertiary/aromatic N) is 3. The van der Waals surface area contributed by atoms with E-state index in [1.165, 1.54) is 24.8 Å². The Morgan fingerprint density at radius 1 is 1.00 bits per heavy atom. The number of hydrazone groups is 1. The maximum absolute atomic E-state index is 12.7. The third kappa shape index (κ3) is 4.57. The zero-order chi connectivity index (χ0) is 21.6. The number of amides is 1.